The van der Waals surface area contributed by atoms with Crippen molar-refractivity contribution in [1.82, 2.24) is 0 Å². The lowest BCUT2D eigenvalue weighted by molar-refractivity contribution is 0.104. The van der Waals surface area contributed by atoms with Crippen LogP contribution in [0.1, 0.15) is 21.5 Å². The second-order valence-electron chi connectivity index (χ2n) is 6.59. The van der Waals surface area contributed by atoms with E-state index in [4.69, 9.17) is 18.9 Å². The lowest BCUT2D eigenvalue weighted by atomic mass is 10.1. The molecule has 3 aromatic rings. The minimum Gasteiger partial charge on any atom is -0.493 e. The molecule has 0 bridgehead atoms. The second kappa shape index (κ2) is 10.3. The number of ketones is 1. The average Bonchev–Trinajstić information content (AvgIpc) is 2.81. The summed E-state index contributed by atoms with van der Waals surface area (Å²) in [4.78, 5) is 12.5. The first-order valence-corrected chi connectivity index (χ1v) is 9.53. The van der Waals surface area contributed by atoms with Crippen molar-refractivity contribution in [1.29, 1.82) is 0 Å². The third kappa shape index (κ3) is 5.63. The lowest BCUT2D eigenvalue weighted by Crippen LogP contribution is -1.98. The Balaban J connectivity index is 1.70. The molecule has 0 N–H and O–H groups in total. The van der Waals surface area contributed by atoms with Crippen molar-refractivity contribution in [2.75, 3.05) is 21.3 Å². The minimum atomic E-state index is -0.292. The van der Waals surface area contributed by atoms with Gasteiger partial charge in [0.15, 0.2) is 28.8 Å². The third-order valence-corrected chi connectivity index (χ3v) is 4.59. The summed E-state index contributed by atoms with van der Waals surface area (Å²) in [7, 11) is 4.61. The first kappa shape index (κ1) is 21.9. The molecule has 0 aliphatic heterocycles. The standard InChI is InChI=1S/C25H23FO5/c1-28-22-13-8-19(15-25(22)30-3)21(27)11-6-17-7-12-23(24(14-17)29-2)31-16-18-4-9-20(26)10-5-18/h4-15H,16H2,1-3H3/b11-6+. The Kier molecular flexibility index (Phi) is 7.27. The Bertz CT molecular complexity index is 1070. The molecule has 0 fully saturated rings. The van der Waals surface area contributed by atoms with E-state index in [0.717, 1.165) is 11.1 Å². The Hall–Kier alpha value is -3.80. The maximum atomic E-state index is 13.0. The Morgan fingerprint density at radius 1 is 0.806 bits per heavy atom. The molecule has 0 aliphatic rings. The SMILES string of the molecule is COc1ccc(C(=O)/C=C/c2ccc(OCc3ccc(F)cc3)c(OC)c2)cc1OC. The third-order valence-electron chi connectivity index (χ3n) is 4.59. The molecule has 3 rings (SSSR count). The number of ether oxygens (including phenoxy) is 4. The highest BCUT2D eigenvalue weighted by molar-refractivity contribution is 6.07. The fourth-order valence-electron chi connectivity index (χ4n) is 2.91. The summed E-state index contributed by atoms with van der Waals surface area (Å²) in [5.41, 5.74) is 2.10. The van der Waals surface area contributed by atoms with E-state index in [1.54, 1.807) is 62.8 Å². The Morgan fingerprint density at radius 2 is 1.45 bits per heavy atom. The fraction of sp³-hybridized carbons (Fsp3) is 0.160. The summed E-state index contributed by atoms with van der Waals surface area (Å²) in [6, 6.07) is 16.5. The van der Waals surface area contributed by atoms with Gasteiger partial charge in [-0.05, 0) is 59.7 Å². The zero-order valence-corrected chi connectivity index (χ0v) is 17.6. The predicted octanol–water partition coefficient (Wildman–Crippen LogP) is 5.33. The molecule has 0 saturated carbocycles. The zero-order valence-electron chi connectivity index (χ0n) is 17.6. The van der Waals surface area contributed by atoms with Crippen LogP contribution in [0.3, 0.4) is 0 Å². The van der Waals surface area contributed by atoms with Crippen molar-refractivity contribution in [3.05, 3.63) is 89.2 Å². The molecular formula is C25H23FO5. The number of hydrogen-bond donors (Lipinski definition) is 0. The Labute approximate surface area is 180 Å². The van der Waals surface area contributed by atoms with Gasteiger partial charge in [-0.15, -0.1) is 0 Å². The van der Waals surface area contributed by atoms with Crippen molar-refractivity contribution >= 4 is 11.9 Å². The molecule has 0 unspecified atom stereocenters. The molecule has 31 heavy (non-hydrogen) atoms. The predicted molar refractivity (Wildman–Crippen MR) is 117 cm³/mol. The van der Waals surface area contributed by atoms with E-state index in [1.165, 1.54) is 25.3 Å². The summed E-state index contributed by atoms with van der Waals surface area (Å²) in [5, 5.41) is 0. The van der Waals surface area contributed by atoms with E-state index < -0.39 is 0 Å². The number of allylic oxidation sites excluding steroid dienone is 1. The van der Waals surface area contributed by atoms with Gasteiger partial charge < -0.3 is 18.9 Å². The van der Waals surface area contributed by atoms with Crippen molar-refractivity contribution < 1.29 is 28.1 Å². The van der Waals surface area contributed by atoms with Crippen LogP contribution in [0.4, 0.5) is 4.39 Å². The van der Waals surface area contributed by atoms with Gasteiger partial charge in [0.2, 0.25) is 0 Å². The Morgan fingerprint density at radius 3 is 2.13 bits per heavy atom. The van der Waals surface area contributed by atoms with Crippen LogP contribution in [0.15, 0.2) is 66.7 Å². The van der Waals surface area contributed by atoms with Crippen LogP contribution in [0.25, 0.3) is 6.08 Å². The number of benzene rings is 3. The maximum absolute atomic E-state index is 13.0. The van der Waals surface area contributed by atoms with Crippen molar-refractivity contribution in [3.8, 4) is 23.0 Å². The van der Waals surface area contributed by atoms with E-state index in [1.807, 2.05) is 6.07 Å². The zero-order chi connectivity index (χ0) is 22.2. The lowest BCUT2D eigenvalue weighted by Gasteiger charge is -2.11. The number of carbonyl (C=O) groups is 1. The quantitative estimate of drug-likeness (QED) is 0.345. The van der Waals surface area contributed by atoms with Gasteiger partial charge in [0.25, 0.3) is 0 Å². The van der Waals surface area contributed by atoms with Gasteiger partial charge in [-0.1, -0.05) is 24.3 Å². The van der Waals surface area contributed by atoms with E-state index >= 15 is 0 Å². The van der Waals surface area contributed by atoms with E-state index in [-0.39, 0.29) is 18.2 Å². The van der Waals surface area contributed by atoms with Gasteiger partial charge >= 0.3 is 0 Å². The molecule has 0 atom stereocenters. The van der Waals surface area contributed by atoms with Crippen molar-refractivity contribution in [2.24, 2.45) is 0 Å². The largest absolute Gasteiger partial charge is 0.493 e. The highest BCUT2D eigenvalue weighted by Crippen LogP contribution is 2.30. The average molecular weight is 422 g/mol. The molecular weight excluding hydrogens is 399 g/mol. The molecule has 5 nitrogen and oxygen atoms in total. The monoisotopic (exact) mass is 422 g/mol. The van der Waals surface area contributed by atoms with Gasteiger partial charge in [-0.3, -0.25) is 4.79 Å². The number of carbonyl (C=O) groups excluding carboxylic acids is 1. The van der Waals surface area contributed by atoms with Gasteiger partial charge in [0.1, 0.15) is 12.4 Å². The summed E-state index contributed by atoms with van der Waals surface area (Å²) in [6.45, 7) is 0.281. The highest BCUT2D eigenvalue weighted by atomic mass is 19.1. The molecule has 0 radical (unpaired) electrons. The van der Waals surface area contributed by atoms with Gasteiger partial charge in [0, 0.05) is 5.56 Å². The topological polar surface area (TPSA) is 54.0 Å². The molecule has 0 saturated heterocycles. The van der Waals surface area contributed by atoms with Crippen molar-refractivity contribution in [2.45, 2.75) is 6.61 Å². The summed E-state index contributed by atoms with van der Waals surface area (Å²) in [6.07, 6.45) is 3.18. The molecule has 0 spiro atoms. The smallest absolute Gasteiger partial charge is 0.185 e. The number of halogens is 1. The maximum Gasteiger partial charge on any atom is 0.185 e. The molecule has 0 amide bonds. The fourth-order valence-corrected chi connectivity index (χ4v) is 2.91. The van der Waals surface area contributed by atoms with Gasteiger partial charge in [0.05, 0.1) is 21.3 Å². The number of methoxy groups -OCH3 is 3. The van der Waals surface area contributed by atoms with Crippen molar-refractivity contribution in [3.63, 3.8) is 0 Å². The van der Waals surface area contributed by atoms with E-state index in [9.17, 15) is 9.18 Å². The minimum absolute atomic E-state index is 0.170. The number of hydrogen-bond acceptors (Lipinski definition) is 5. The van der Waals surface area contributed by atoms with E-state index in [2.05, 4.69) is 0 Å². The van der Waals surface area contributed by atoms with Crippen LogP contribution in [0, 0.1) is 5.82 Å². The summed E-state index contributed by atoms with van der Waals surface area (Å²) < 4.78 is 34.7. The van der Waals surface area contributed by atoms with Gasteiger partial charge in [-0.25, -0.2) is 4.39 Å². The van der Waals surface area contributed by atoms with Crippen LogP contribution >= 0.6 is 0 Å². The van der Waals surface area contributed by atoms with E-state index in [0.29, 0.717) is 28.6 Å². The highest BCUT2D eigenvalue weighted by Gasteiger charge is 2.09. The molecule has 160 valence electrons. The summed E-state index contributed by atoms with van der Waals surface area (Å²) >= 11 is 0. The van der Waals surface area contributed by atoms with Crippen LogP contribution in [-0.4, -0.2) is 27.1 Å². The molecule has 3 aromatic carbocycles. The van der Waals surface area contributed by atoms with Crippen LogP contribution in [-0.2, 0) is 6.61 Å². The molecule has 0 aromatic heterocycles. The molecule has 0 heterocycles. The normalized spacial score (nSPS) is 10.7. The summed E-state index contributed by atoms with van der Waals surface area (Å²) in [5.74, 6) is 1.67. The van der Waals surface area contributed by atoms with Crippen LogP contribution in [0.2, 0.25) is 0 Å². The van der Waals surface area contributed by atoms with Crippen LogP contribution < -0.4 is 18.9 Å². The molecule has 6 heteroatoms. The van der Waals surface area contributed by atoms with Crippen LogP contribution in [0.5, 0.6) is 23.0 Å². The number of rotatable bonds is 9. The molecule has 0 aliphatic carbocycles. The van der Waals surface area contributed by atoms with Gasteiger partial charge in [-0.2, -0.15) is 0 Å². The second-order valence-corrected chi connectivity index (χ2v) is 6.59. The first-order valence-electron chi connectivity index (χ1n) is 9.53. The first-order chi connectivity index (χ1) is 15.0.